The predicted octanol–water partition coefficient (Wildman–Crippen LogP) is 3.44. The average Bonchev–Trinajstić information content (AvgIpc) is 2.82. The number of hydrogen-bond acceptors (Lipinski definition) is 2. The Morgan fingerprint density at radius 3 is 3.00 bits per heavy atom. The summed E-state index contributed by atoms with van der Waals surface area (Å²) in [5.41, 5.74) is 3.42. The molecule has 3 nitrogen and oxygen atoms in total. The molecule has 0 bridgehead atoms. The van der Waals surface area contributed by atoms with E-state index in [4.69, 9.17) is 0 Å². The molecule has 0 unspecified atom stereocenters. The maximum atomic E-state index is 4.41. The zero-order chi connectivity index (χ0) is 13.0. The molecular formula is C14H18BrN3. The number of aromatic nitrogens is 2. The van der Waals surface area contributed by atoms with Gasteiger partial charge in [-0.1, -0.05) is 19.1 Å². The number of nitrogens with one attached hydrogen (secondary N) is 1. The third-order valence-electron chi connectivity index (χ3n) is 2.82. The smallest absolute Gasteiger partial charge is 0.0996 e. The van der Waals surface area contributed by atoms with Crippen LogP contribution in [0.3, 0.4) is 0 Å². The van der Waals surface area contributed by atoms with Crippen molar-refractivity contribution < 1.29 is 0 Å². The summed E-state index contributed by atoms with van der Waals surface area (Å²) in [6.07, 6.45) is 5.08. The summed E-state index contributed by atoms with van der Waals surface area (Å²) in [6.45, 7) is 6.11. The van der Waals surface area contributed by atoms with Crippen LogP contribution in [0.15, 0.2) is 35.2 Å². The summed E-state index contributed by atoms with van der Waals surface area (Å²) in [7, 11) is 0. The summed E-state index contributed by atoms with van der Waals surface area (Å²) in [5, 5.41) is 3.35. The van der Waals surface area contributed by atoms with Gasteiger partial charge in [0.15, 0.2) is 0 Å². The third-order valence-corrected chi connectivity index (χ3v) is 3.85. The molecule has 2 aromatic rings. The Morgan fingerprint density at radius 2 is 2.22 bits per heavy atom. The van der Waals surface area contributed by atoms with Crippen LogP contribution >= 0.6 is 15.9 Å². The first-order chi connectivity index (χ1) is 8.72. The second-order valence-corrected chi connectivity index (χ2v) is 5.15. The molecule has 1 N–H and O–H groups in total. The Bertz CT molecular complexity index is 520. The summed E-state index contributed by atoms with van der Waals surface area (Å²) in [4.78, 5) is 4.41. The van der Waals surface area contributed by atoms with Gasteiger partial charge in [0, 0.05) is 17.2 Å². The highest BCUT2D eigenvalue weighted by atomic mass is 79.9. The van der Waals surface area contributed by atoms with E-state index in [1.54, 1.807) is 0 Å². The van der Waals surface area contributed by atoms with E-state index >= 15 is 0 Å². The Morgan fingerprint density at radius 1 is 1.39 bits per heavy atom. The van der Waals surface area contributed by atoms with Crippen LogP contribution in [0.25, 0.3) is 5.69 Å². The standard InChI is InChI=1S/C14H18BrN3/c1-3-7-16-8-12-9-18(10-17-12)13-6-4-5-11(2)14(13)15/h4-6,9-10,16H,3,7-8H2,1-2H3. The lowest BCUT2D eigenvalue weighted by Gasteiger charge is -2.07. The summed E-state index contributed by atoms with van der Waals surface area (Å²) in [5.74, 6) is 0. The van der Waals surface area contributed by atoms with Gasteiger partial charge < -0.3 is 9.88 Å². The maximum absolute atomic E-state index is 4.41. The van der Waals surface area contributed by atoms with Gasteiger partial charge in [-0.05, 0) is 47.4 Å². The minimum Gasteiger partial charge on any atom is -0.311 e. The molecule has 0 amide bonds. The van der Waals surface area contributed by atoms with Crippen LogP contribution < -0.4 is 5.32 Å². The quantitative estimate of drug-likeness (QED) is 0.858. The van der Waals surface area contributed by atoms with Crippen molar-refractivity contribution in [3.8, 4) is 5.69 Å². The number of hydrogen-bond donors (Lipinski definition) is 1. The topological polar surface area (TPSA) is 29.9 Å². The summed E-state index contributed by atoms with van der Waals surface area (Å²) in [6, 6.07) is 6.24. The van der Waals surface area contributed by atoms with Gasteiger partial charge in [0.2, 0.25) is 0 Å². The molecule has 1 heterocycles. The van der Waals surface area contributed by atoms with Crippen LogP contribution in [0, 0.1) is 6.92 Å². The molecule has 0 aliphatic heterocycles. The van der Waals surface area contributed by atoms with Crippen LogP contribution in [0.4, 0.5) is 0 Å². The first kappa shape index (κ1) is 13.3. The fourth-order valence-corrected chi connectivity index (χ4v) is 2.28. The van der Waals surface area contributed by atoms with Crippen molar-refractivity contribution in [2.45, 2.75) is 26.8 Å². The van der Waals surface area contributed by atoms with Gasteiger partial charge in [-0.25, -0.2) is 4.98 Å². The number of halogens is 1. The zero-order valence-electron chi connectivity index (χ0n) is 10.8. The normalized spacial score (nSPS) is 10.8. The lowest BCUT2D eigenvalue weighted by Crippen LogP contribution is -2.13. The third kappa shape index (κ3) is 3.00. The Hall–Kier alpha value is -1.13. The minimum atomic E-state index is 0.824. The van der Waals surface area contributed by atoms with Gasteiger partial charge in [-0.2, -0.15) is 0 Å². The van der Waals surface area contributed by atoms with E-state index in [-0.39, 0.29) is 0 Å². The van der Waals surface area contributed by atoms with Crippen LogP contribution in [0.2, 0.25) is 0 Å². The predicted molar refractivity (Wildman–Crippen MR) is 78.0 cm³/mol. The first-order valence-electron chi connectivity index (χ1n) is 6.21. The zero-order valence-corrected chi connectivity index (χ0v) is 12.4. The first-order valence-corrected chi connectivity index (χ1v) is 7.00. The molecule has 0 saturated heterocycles. The fourth-order valence-electron chi connectivity index (χ4n) is 1.81. The molecule has 0 aliphatic rings. The number of aryl methyl sites for hydroxylation is 1. The molecule has 0 atom stereocenters. The number of benzene rings is 1. The molecule has 0 radical (unpaired) electrons. The van der Waals surface area contributed by atoms with Crippen molar-refractivity contribution in [2.24, 2.45) is 0 Å². The van der Waals surface area contributed by atoms with E-state index in [1.165, 1.54) is 5.56 Å². The fraction of sp³-hybridized carbons (Fsp3) is 0.357. The maximum Gasteiger partial charge on any atom is 0.0996 e. The minimum absolute atomic E-state index is 0.824. The van der Waals surface area contributed by atoms with Crippen LogP contribution in [0.1, 0.15) is 24.6 Å². The van der Waals surface area contributed by atoms with Gasteiger partial charge in [-0.3, -0.25) is 0 Å². The van der Waals surface area contributed by atoms with Gasteiger partial charge in [0.1, 0.15) is 0 Å². The van der Waals surface area contributed by atoms with E-state index in [2.05, 4.69) is 69.0 Å². The molecule has 1 aromatic heterocycles. The van der Waals surface area contributed by atoms with Crippen LogP contribution in [-0.2, 0) is 6.54 Å². The molecule has 4 heteroatoms. The molecule has 2 rings (SSSR count). The van der Waals surface area contributed by atoms with E-state index in [0.29, 0.717) is 0 Å². The molecule has 18 heavy (non-hydrogen) atoms. The van der Waals surface area contributed by atoms with Crippen molar-refractivity contribution in [3.05, 3.63) is 46.5 Å². The molecule has 0 fully saturated rings. The van der Waals surface area contributed by atoms with Crippen molar-refractivity contribution in [3.63, 3.8) is 0 Å². The van der Waals surface area contributed by atoms with Crippen LogP contribution in [0.5, 0.6) is 0 Å². The summed E-state index contributed by atoms with van der Waals surface area (Å²) >= 11 is 3.63. The molecule has 1 aromatic carbocycles. The van der Waals surface area contributed by atoms with Crippen molar-refractivity contribution in [2.75, 3.05) is 6.54 Å². The van der Waals surface area contributed by atoms with Crippen molar-refractivity contribution in [1.82, 2.24) is 14.9 Å². The van der Waals surface area contributed by atoms with E-state index in [1.807, 2.05) is 6.33 Å². The second-order valence-electron chi connectivity index (χ2n) is 4.36. The largest absolute Gasteiger partial charge is 0.311 e. The van der Waals surface area contributed by atoms with E-state index in [0.717, 1.165) is 35.4 Å². The van der Waals surface area contributed by atoms with E-state index in [9.17, 15) is 0 Å². The SMILES string of the molecule is CCCNCc1cn(-c2cccc(C)c2Br)cn1. The molecular weight excluding hydrogens is 290 g/mol. The monoisotopic (exact) mass is 307 g/mol. The average molecular weight is 308 g/mol. The van der Waals surface area contributed by atoms with Gasteiger partial charge >= 0.3 is 0 Å². The number of rotatable bonds is 5. The highest BCUT2D eigenvalue weighted by molar-refractivity contribution is 9.10. The van der Waals surface area contributed by atoms with Gasteiger partial charge in [0.25, 0.3) is 0 Å². The Labute approximate surface area is 116 Å². The highest BCUT2D eigenvalue weighted by Gasteiger charge is 2.05. The second kappa shape index (κ2) is 6.16. The van der Waals surface area contributed by atoms with Crippen LogP contribution in [-0.4, -0.2) is 16.1 Å². The van der Waals surface area contributed by atoms with Gasteiger partial charge in [-0.15, -0.1) is 0 Å². The van der Waals surface area contributed by atoms with Crippen molar-refractivity contribution >= 4 is 15.9 Å². The molecule has 0 spiro atoms. The van der Waals surface area contributed by atoms with Crippen molar-refractivity contribution in [1.29, 1.82) is 0 Å². The Kier molecular flexibility index (Phi) is 4.55. The number of imidazole rings is 1. The molecule has 96 valence electrons. The summed E-state index contributed by atoms with van der Waals surface area (Å²) < 4.78 is 3.18. The number of nitrogens with zero attached hydrogens (tertiary/aromatic N) is 2. The molecule has 0 aliphatic carbocycles. The highest BCUT2D eigenvalue weighted by Crippen LogP contribution is 2.24. The Balaban J connectivity index is 2.16. The molecule has 0 saturated carbocycles. The lowest BCUT2D eigenvalue weighted by molar-refractivity contribution is 0.666. The van der Waals surface area contributed by atoms with E-state index < -0.39 is 0 Å². The lowest BCUT2D eigenvalue weighted by atomic mass is 10.2. The van der Waals surface area contributed by atoms with Gasteiger partial charge in [0.05, 0.1) is 17.7 Å².